The van der Waals surface area contributed by atoms with Crippen LogP contribution >= 0.6 is 23.4 Å². The first-order valence-corrected chi connectivity index (χ1v) is 13.6. The Morgan fingerprint density at radius 1 is 1.00 bits per heavy atom. The highest BCUT2D eigenvalue weighted by molar-refractivity contribution is 8.04. The predicted octanol–water partition coefficient (Wildman–Crippen LogP) is 5.14. The van der Waals surface area contributed by atoms with Gasteiger partial charge in [-0.15, -0.1) is 0 Å². The van der Waals surface area contributed by atoms with Gasteiger partial charge in [-0.1, -0.05) is 41.6 Å². The molecular weight excluding hydrogens is 522 g/mol. The van der Waals surface area contributed by atoms with Gasteiger partial charge in [0.1, 0.15) is 0 Å². The lowest BCUT2D eigenvalue weighted by Crippen LogP contribution is -2.48. The monoisotopic (exact) mass is 547 g/mol. The lowest BCUT2D eigenvalue weighted by Gasteiger charge is -2.35. The molecule has 3 aliphatic rings. The quantitative estimate of drug-likeness (QED) is 0.422. The van der Waals surface area contributed by atoms with Gasteiger partial charge >= 0.3 is 0 Å². The number of likely N-dealkylation sites (N-methyl/N-ethyl adjacent to an activating group) is 1. The topological polar surface area (TPSA) is 62.3 Å². The van der Waals surface area contributed by atoms with E-state index >= 15 is 0 Å². The van der Waals surface area contributed by atoms with E-state index in [1.54, 1.807) is 18.0 Å². The predicted molar refractivity (Wildman–Crippen MR) is 149 cm³/mol. The Hall–Kier alpha value is -3.46. The molecule has 3 aliphatic heterocycles. The van der Waals surface area contributed by atoms with Crippen LogP contribution in [0.2, 0.25) is 5.02 Å². The van der Waals surface area contributed by atoms with Gasteiger partial charge in [0.25, 0.3) is 11.8 Å². The van der Waals surface area contributed by atoms with Crippen LogP contribution in [0.4, 0.5) is 5.69 Å². The van der Waals surface area contributed by atoms with Crippen molar-refractivity contribution in [2.24, 2.45) is 0 Å². The molecule has 1 saturated heterocycles. The fraction of sp³-hybridized carbons (Fsp3) is 0.241. The third kappa shape index (κ3) is 4.99. The van der Waals surface area contributed by atoms with E-state index in [-0.39, 0.29) is 18.6 Å². The molecule has 0 saturated carbocycles. The van der Waals surface area contributed by atoms with Crippen LogP contribution in [0.25, 0.3) is 6.08 Å². The third-order valence-electron chi connectivity index (χ3n) is 6.95. The second-order valence-electron chi connectivity index (χ2n) is 9.47. The van der Waals surface area contributed by atoms with Gasteiger partial charge in [0, 0.05) is 55.3 Å². The molecule has 3 aromatic rings. The number of hydrogen-bond donors (Lipinski definition) is 0. The molecule has 6 rings (SSSR count). The summed E-state index contributed by atoms with van der Waals surface area (Å²) in [6.45, 7) is 3.94. The van der Waals surface area contributed by atoms with Gasteiger partial charge in [-0.2, -0.15) is 0 Å². The molecule has 7 nitrogen and oxygen atoms in total. The number of benzene rings is 3. The number of amides is 2. The number of halogens is 1. The van der Waals surface area contributed by atoms with E-state index < -0.39 is 0 Å². The summed E-state index contributed by atoms with van der Waals surface area (Å²) in [4.78, 5) is 33.8. The average molecular weight is 548 g/mol. The fourth-order valence-electron chi connectivity index (χ4n) is 4.86. The largest absolute Gasteiger partial charge is 0.454 e. The second kappa shape index (κ2) is 10.4. The van der Waals surface area contributed by atoms with Gasteiger partial charge in [-0.25, -0.2) is 0 Å². The highest BCUT2D eigenvalue weighted by Gasteiger charge is 2.29. The van der Waals surface area contributed by atoms with E-state index in [2.05, 4.69) is 11.0 Å². The summed E-state index contributed by atoms with van der Waals surface area (Å²) in [6.07, 6.45) is 1.85. The molecule has 0 bridgehead atoms. The second-order valence-corrected chi connectivity index (χ2v) is 11.0. The minimum atomic E-state index is -0.107. The third-order valence-corrected chi connectivity index (χ3v) is 8.26. The number of hydrogen-bond acceptors (Lipinski definition) is 6. The molecule has 194 valence electrons. The maximum absolute atomic E-state index is 13.3. The highest BCUT2D eigenvalue weighted by atomic mass is 35.5. The van der Waals surface area contributed by atoms with Crippen molar-refractivity contribution in [1.82, 2.24) is 9.80 Å². The van der Waals surface area contributed by atoms with Gasteiger partial charge in [-0.3, -0.25) is 14.5 Å². The van der Waals surface area contributed by atoms with Gasteiger partial charge < -0.3 is 19.3 Å². The Morgan fingerprint density at radius 2 is 1.82 bits per heavy atom. The molecule has 0 radical (unpaired) electrons. The Balaban J connectivity index is 1.11. The summed E-state index contributed by atoms with van der Waals surface area (Å²) >= 11 is 7.52. The summed E-state index contributed by atoms with van der Waals surface area (Å²) in [7, 11) is 1.75. The van der Waals surface area contributed by atoms with Crippen molar-refractivity contribution < 1.29 is 19.1 Å². The van der Waals surface area contributed by atoms with Crippen molar-refractivity contribution in [2.45, 2.75) is 11.4 Å². The SMILES string of the molecule is CN1C(=O)/C(=C\c2cccc(Cl)c2)Sc2ccc(C(=O)N3CCN(Cc4ccc5c(c4)OCO5)CC3)cc21. The summed E-state index contributed by atoms with van der Waals surface area (Å²) in [6, 6.07) is 19.1. The molecule has 0 atom stereocenters. The Kier molecular flexibility index (Phi) is 6.78. The van der Waals surface area contributed by atoms with Gasteiger partial charge in [0.2, 0.25) is 6.79 Å². The van der Waals surface area contributed by atoms with E-state index in [9.17, 15) is 9.59 Å². The van der Waals surface area contributed by atoms with Crippen molar-refractivity contribution in [1.29, 1.82) is 0 Å². The summed E-state index contributed by atoms with van der Waals surface area (Å²) in [5.41, 5.74) is 3.37. The molecule has 9 heteroatoms. The number of anilines is 1. The van der Waals surface area contributed by atoms with E-state index in [0.717, 1.165) is 52.8 Å². The molecule has 0 aromatic heterocycles. The normalized spacial score (nSPS) is 18.2. The lowest BCUT2D eigenvalue weighted by atomic mass is 10.1. The maximum atomic E-state index is 13.3. The maximum Gasteiger partial charge on any atom is 0.264 e. The van der Waals surface area contributed by atoms with Crippen molar-refractivity contribution in [3.8, 4) is 11.5 Å². The standard InChI is InChI=1S/C29H26ClN3O4S/c1-31-23-16-21(6-8-26(23)38-27(29(31)35)15-19-3-2-4-22(30)13-19)28(34)33-11-9-32(10-12-33)17-20-5-7-24-25(14-20)37-18-36-24/h2-8,13-16H,9-12,17-18H2,1H3/b27-15+. The van der Waals surface area contributed by atoms with Crippen LogP contribution in [-0.4, -0.2) is 61.6 Å². The number of carbonyl (C=O) groups is 2. The molecule has 38 heavy (non-hydrogen) atoms. The molecule has 2 amide bonds. The molecule has 0 aliphatic carbocycles. The summed E-state index contributed by atoms with van der Waals surface area (Å²) < 4.78 is 10.9. The smallest absolute Gasteiger partial charge is 0.264 e. The first-order chi connectivity index (χ1) is 18.4. The van der Waals surface area contributed by atoms with Crippen molar-refractivity contribution in [2.75, 3.05) is 44.9 Å². The molecule has 3 aromatic carbocycles. The van der Waals surface area contributed by atoms with E-state index in [1.165, 1.54) is 11.8 Å². The molecule has 0 unspecified atom stereocenters. The zero-order valence-electron chi connectivity index (χ0n) is 20.9. The summed E-state index contributed by atoms with van der Waals surface area (Å²) in [5, 5.41) is 0.623. The van der Waals surface area contributed by atoms with E-state index in [0.29, 0.717) is 28.6 Å². The Morgan fingerprint density at radius 3 is 2.63 bits per heavy atom. The Bertz CT molecular complexity index is 1450. The van der Waals surface area contributed by atoms with Crippen LogP contribution in [0.1, 0.15) is 21.5 Å². The van der Waals surface area contributed by atoms with Crippen LogP contribution in [0.5, 0.6) is 11.5 Å². The van der Waals surface area contributed by atoms with Crippen LogP contribution in [0.15, 0.2) is 70.5 Å². The molecule has 1 fully saturated rings. The average Bonchev–Trinajstić information content (AvgIpc) is 3.40. The van der Waals surface area contributed by atoms with Crippen LogP contribution in [-0.2, 0) is 11.3 Å². The fourth-order valence-corrected chi connectivity index (χ4v) is 6.16. The van der Waals surface area contributed by atoms with Crippen LogP contribution in [0.3, 0.4) is 0 Å². The van der Waals surface area contributed by atoms with Crippen LogP contribution < -0.4 is 14.4 Å². The zero-order valence-corrected chi connectivity index (χ0v) is 22.4. The van der Waals surface area contributed by atoms with Gasteiger partial charge in [0.05, 0.1) is 10.6 Å². The number of carbonyl (C=O) groups excluding carboxylic acids is 2. The molecule has 0 N–H and O–H groups in total. The molecule has 3 heterocycles. The number of piperazine rings is 1. The number of rotatable bonds is 4. The van der Waals surface area contributed by atoms with Crippen molar-refractivity contribution in [3.05, 3.63) is 87.3 Å². The van der Waals surface area contributed by atoms with Crippen molar-refractivity contribution in [3.63, 3.8) is 0 Å². The number of ether oxygens (including phenoxy) is 2. The number of fused-ring (bicyclic) bond motifs is 2. The molecular formula is C29H26ClN3O4S. The van der Waals surface area contributed by atoms with Crippen LogP contribution in [0, 0.1) is 0 Å². The van der Waals surface area contributed by atoms with Crippen molar-refractivity contribution >= 4 is 46.9 Å². The number of thioether (sulfide) groups is 1. The highest BCUT2D eigenvalue weighted by Crippen LogP contribution is 2.42. The lowest BCUT2D eigenvalue weighted by molar-refractivity contribution is -0.114. The van der Waals surface area contributed by atoms with E-state index in [1.807, 2.05) is 59.5 Å². The molecule has 0 spiro atoms. The summed E-state index contributed by atoms with van der Waals surface area (Å²) in [5.74, 6) is 1.46. The first kappa shape index (κ1) is 24.9. The minimum absolute atomic E-state index is 0.0124. The zero-order chi connectivity index (χ0) is 26.2. The van der Waals surface area contributed by atoms with E-state index in [4.69, 9.17) is 21.1 Å². The first-order valence-electron chi connectivity index (χ1n) is 12.4. The van der Waals surface area contributed by atoms with Gasteiger partial charge in [-0.05, 0) is 59.7 Å². The Labute approximate surface area is 230 Å². The number of nitrogens with zero attached hydrogens (tertiary/aromatic N) is 3. The minimum Gasteiger partial charge on any atom is -0.454 e. The van der Waals surface area contributed by atoms with Gasteiger partial charge in [0.15, 0.2) is 11.5 Å².